The topological polar surface area (TPSA) is 41.1 Å². The van der Waals surface area contributed by atoms with E-state index in [1.807, 2.05) is 7.05 Å². The smallest absolute Gasteiger partial charge is 0.207 e. The molecule has 3 atom stereocenters. The molecule has 68 valence electrons. The molecule has 2 aliphatic carbocycles. The van der Waals surface area contributed by atoms with E-state index in [9.17, 15) is 4.79 Å². The molecule has 0 aromatic carbocycles. The predicted octanol–water partition coefficient (Wildman–Crippen LogP) is 0.263. The van der Waals surface area contributed by atoms with E-state index < -0.39 is 0 Å². The van der Waals surface area contributed by atoms with Gasteiger partial charge in [-0.25, -0.2) is 0 Å². The van der Waals surface area contributed by atoms with Crippen LogP contribution in [-0.2, 0) is 4.79 Å². The number of fused-ring (bicyclic) bond motifs is 1. The fourth-order valence-electron chi connectivity index (χ4n) is 2.85. The van der Waals surface area contributed by atoms with Gasteiger partial charge in [0.1, 0.15) is 0 Å². The predicted molar refractivity (Wildman–Crippen MR) is 46.7 cm³/mol. The van der Waals surface area contributed by atoms with E-state index in [1.54, 1.807) is 0 Å². The first-order chi connectivity index (χ1) is 5.66. The number of amides is 1. The zero-order valence-electron chi connectivity index (χ0n) is 7.68. The standard InChI is InChI=1S/C9H16N2O/c1-8-3-7(10-2)4-9(8,5-8)11-6-12/h6-7,10H,3-5H2,1-2H3,(H,11,12). The Hall–Kier alpha value is -0.570. The van der Waals surface area contributed by atoms with Crippen molar-refractivity contribution in [3.05, 3.63) is 0 Å². The van der Waals surface area contributed by atoms with Gasteiger partial charge in [0.15, 0.2) is 0 Å². The van der Waals surface area contributed by atoms with E-state index in [1.165, 1.54) is 6.42 Å². The van der Waals surface area contributed by atoms with E-state index in [2.05, 4.69) is 17.6 Å². The van der Waals surface area contributed by atoms with Crippen LogP contribution < -0.4 is 10.6 Å². The van der Waals surface area contributed by atoms with Crippen molar-refractivity contribution in [2.45, 2.75) is 37.8 Å². The summed E-state index contributed by atoms with van der Waals surface area (Å²) in [5.74, 6) is 0. The summed E-state index contributed by atoms with van der Waals surface area (Å²) in [6.07, 6.45) is 4.31. The molecule has 2 aliphatic rings. The second-order valence-corrected chi connectivity index (χ2v) is 4.48. The van der Waals surface area contributed by atoms with Crippen LogP contribution in [0.25, 0.3) is 0 Å². The molecule has 0 aromatic rings. The van der Waals surface area contributed by atoms with Crippen molar-refractivity contribution in [1.29, 1.82) is 0 Å². The molecule has 0 heterocycles. The fourth-order valence-corrected chi connectivity index (χ4v) is 2.85. The molecule has 3 nitrogen and oxygen atoms in total. The van der Waals surface area contributed by atoms with Crippen LogP contribution in [0, 0.1) is 5.41 Å². The molecule has 12 heavy (non-hydrogen) atoms. The van der Waals surface area contributed by atoms with E-state index in [0.717, 1.165) is 19.3 Å². The molecule has 2 saturated carbocycles. The van der Waals surface area contributed by atoms with Gasteiger partial charge in [-0.2, -0.15) is 0 Å². The molecule has 1 amide bonds. The Morgan fingerprint density at radius 2 is 2.25 bits per heavy atom. The van der Waals surface area contributed by atoms with Crippen molar-refractivity contribution in [3.8, 4) is 0 Å². The first-order valence-corrected chi connectivity index (χ1v) is 4.54. The van der Waals surface area contributed by atoms with Gasteiger partial charge < -0.3 is 10.6 Å². The lowest BCUT2D eigenvalue weighted by atomic mass is 10.1. The van der Waals surface area contributed by atoms with Crippen molar-refractivity contribution in [2.75, 3.05) is 7.05 Å². The molecule has 2 rings (SSSR count). The average molecular weight is 168 g/mol. The second kappa shape index (κ2) is 2.22. The Labute approximate surface area is 72.9 Å². The third-order valence-corrected chi connectivity index (χ3v) is 3.76. The van der Waals surface area contributed by atoms with Crippen molar-refractivity contribution >= 4 is 6.41 Å². The van der Waals surface area contributed by atoms with E-state index in [4.69, 9.17) is 0 Å². The highest BCUT2D eigenvalue weighted by molar-refractivity contribution is 5.51. The highest BCUT2D eigenvalue weighted by atomic mass is 16.1. The van der Waals surface area contributed by atoms with Crippen molar-refractivity contribution in [2.24, 2.45) is 5.41 Å². The first kappa shape index (κ1) is 8.05. The summed E-state index contributed by atoms with van der Waals surface area (Å²) >= 11 is 0. The number of nitrogens with one attached hydrogen (secondary N) is 2. The molecular weight excluding hydrogens is 152 g/mol. The summed E-state index contributed by atoms with van der Waals surface area (Å²) in [6.45, 7) is 2.26. The van der Waals surface area contributed by atoms with Gasteiger partial charge in [0, 0.05) is 11.6 Å². The van der Waals surface area contributed by atoms with Crippen LogP contribution in [0.15, 0.2) is 0 Å². The Kier molecular flexibility index (Phi) is 1.49. The first-order valence-electron chi connectivity index (χ1n) is 4.54. The van der Waals surface area contributed by atoms with Crippen LogP contribution in [0.3, 0.4) is 0 Å². The van der Waals surface area contributed by atoms with Gasteiger partial charge in [-0.1, -0.05) is 6.92 Å². The molecule has 0 aromatic heterocycles. The maximum Gasteiger partial charge on any atom is 0.207 e. The zero-order valence-corrected chi connectivity index (χ0v) is 7.68. The molecule has 0 spiro atoms. The molecule has 2 fully saturated rings. The Balaban J connectivity index is 2.07. The van der Waals surface area contributed by atoms with E-state index in [-0.39, 0.29) is 5.54 Å². The maximum absolute atomic E-state index is 10.4. The van der Waals surface area contributed by atoms with Gasteiger partial charge in [0.2, 0.25) is 6.41 Å². The summed E-state index contributed by atoms with van der Waals surface area (Å²) in [7, 11) is 1.99. The van der Waals surface area contributed by atoms with E-state index >= 15 is 0 Å². The molecule has 2 N–H and O–H groups in total. The number of carbonyl (C=O) groups is 1. The van der Waals surface area contributed by atoms with Crippen molar-refractivity contribution < 1.29 is 4.79 Å². The Morgan fingerprint density at radius 3 is 2.75 bits per heavy atom. The summed E-state index contributed by atoms with van der Waals surface area (Å²) in [5.41, 5.74) is 0.518. The fraction of sp³-hybridized carbons (Fsp3) is 0.889. The highest BCUT2D eigenvalue weighted by Crippen LogP contribution is 2.66. The summed E-state index contributed by atoms with van der Waals surface area (Å²) in [5, 5.41) is 6.26. The minimum atomic E-state index is 0.141. The molecule has 3 heteroatoms. The normalized spacial score (nSPS) is 50.0. The van der Waals surface area contributed by atoms with Crippen LogP contribution in [0.2, 0.25) is 0 Å². The van der Waals surface area contributed by atoms with Gasteiger partial charge in [-0.3, -0.25) is 4.79 Å². The minimum absolute atomic E-state index is 0.141. The van der Waals surface area contributed by atoms with Crippen molar-refractivity contribution in [1.82, 2.24) is 10.6 Å². The largest absolute Gasteiger partial charge is 0.353 e. The number of carbonyl (C=O) groups excluding carboxylic acids is 1. The number of rotatable bonds is 3. The van der Waals surface area contributed by atoms with Gasteiger partial charge in [-0.15, -0.1) is 0 Å². The SMILES string of the molecule is CNC1CC2(C)CC2(NC=O)C1. The van der Waals surface area contributed by atoms with Gasteiger partial charge in [0.25, 0.3) is 0 Å². The lowest BCUT2D eigenvalue weighted by Crippen LogP contribution is -2.34. The monoisotopic (exact) mass is 168 g/mol. The van der Waals surface area contributed by atoms with E-state index in [0.29, 0.717) is 11.5 Å². The van der Waals surface area contributed by atoms with Crippen LogP contribution in [0.5, 0.6) is 0 Å². The lowest BCUT2D eigenvalue weighted by Gasteiger charge is -2.14. The lowest BCUT2D eigenvalue weighted by molar-refractivity contribution is -0.110. The molecule has 0 aliphatic heterocycles. The molecule has 3 unspecified atom stereocenters. The molecular formula is C9H16N2O. The average Bonchev–Trinajstić information content (AvgIpc) is 2.46. The van der Waals surface area contributed by atoms with Crippen LogP contribution in [0.4, 0.5) is 0 Å². The quantitative estimate of drug-likeness (QED) is 0.594. The van der Waals surface area contributed by atoms with Gasteiger partial charge >= 0.3 is 0 Å². The number of hydrogen-bond acceptors (Lipinski definition) is 2. The minimum Gasteiger partial charge on any atom is -0.353 e. The Bertz CT molecular complexity index is 219. The van der Waals surface area contributed by atoms with Crippen LogP contribution >= 0.6 is 0 Å². The molecule has 0 saturated heterocycles. The van der Waals surface area contributed by atoms with Crippen molar-refractivity contribution in [3.63, 3.8) is 0 Å². The Morgan fingerprint density at radius 1 is 1.50 bits per heavy atom. The molecule has 0 bridgehead atoms. The third kappa shape index (κ3) is 0.829. The van der Waals surface area contributed by atoms with Crippen LogP contribution in [-0.4, -0.2) is 25.0 Å². The zero-order chi connectivity index (χ0) is 8.82. The third-order valence-electron chi connectivity index (χ3n) is 3.76. The summed E-state index contributed by atoms with van der Waals surface area (Å²) < 4.78 is 0. The van der Waals surface area contributed by atoms with Crippen LogP contribution in [0.1, 0.15) is 26.2 Å². The number of hydrogen-bond donors (Lipinski definition) is 2. The maximum atomic E-state index is 10.4. The molecule has 0 radical (unpaired) electrons. The summed E-state index contributed by atoms with van der Waals surface area (Å²) in [4.78, 5) is 10.4. The second-order valence-electron chi connectivity index (χ2n) is 4.48. The summed E-state index contributed by atoms with van der Waals surface area (Å²) in [6, 6.07) is 0.594. The van der Waals surface area contributed by atoms with Gasteiger partial charge in [-0.05, 0) is 31.7 Å². The van der Waals surface area contributed by atoms with Gasteiger partial charge in [0.05, 0.1) is 0 Å². The highest BCUT2D eigenvalue weighted by Gasteiger charge is 2.69.